The lowest BCUT2D eigenvalue weighted by Crippen LogP contribution is -2.56. The zero-order valence-electron chi connectivity index (χ0n) is 21.1. The van der Waals surface area contributed by atoms with Crippen molar-refractivity contribution in [2.75, 3.05) is 26.2 Å². The molecule has 0 amide bonds. The fourth-order valence-corrected chi connectivity index (χ4v) is 7.57. The van der Waals surface area contributed by atoms with Crippen LogP contribution in [0.3, 0.4) is 0 Å². The first-order valence-electron chi connectivity index (χ1n) is 13.3. The van der Waals surface area contributed by atoms with Gasteiger partial charge in [-0.25, -0.2) is 4.68 Å². The van der Waals surface area contributed by atoms with E-state index in [0.717, 1.165) is 58.7 Å². The molecule has 4 aliphatic heterocycles. The molecule has 4 aliphatic rings. The van der Waals surface area contributed by atoms with Gasteiger partial charge in [0.15, 0.2) is 12.7 Å². The summed E-state index contributed by atoms with van der Waals surface area (Å²) in [5, 5.41) is 8.39. The molecule has 9 nitrogen and oxygen atoms in total. The smallest absolute Gasteiger partial charge is 0.196 e. The van der Waals surface area contributed by atoms with E-state index < -0.39 is 0 Å². The fourth-order valence-electron chi connectivity index (χ4n) is 7.57. The van der Waals surface area contributed by atoms with Gasteiger partial charge in [-0.15, -0.1) is 9.78 Å². The highest BCUT2D eigenvalue weighted by Crippen LogP contribution is 2.43. The Bertz CT molecular complexity index is 1020. The van der Waals surface area contributed by atoms with E-state index in [1.165, 1.54) is 24.2 Å². The van der Waals surface area contributed by atoms with Gasteiger partial charge in [-0.05, 0) is 72.6 Å². The first-order chi connectivity index (χ1) is 16.3. The van der Waals surface area contributed by atoms with Crippen molar-refractivity contribution in [3.8, 4) is 0 Å². The Hall–Kier alpha value is -1.81. The van der Waals surface area contributed by atoms with Gasteiger partial charge in [0, 0.05) is 35.0 Å². The first kappa shape index (κ1) is 22.6. The summed E-state index contributed by atoms with van der Waals surface area (Å²) >= 11 is 0. The van der Waals surface area contributed by atoms with Gasteiger partial charge < -0.3 is 16.4 Å². The topological polar surface area (TPSA) is 98.0 Å². The Morgan fingerprint density at radius 2 is 1.56 bits per heavy atom. The number of rotatable bonds is 4. The predicted molar refractivity (Wildman–Crippen MR) is 130 cm³/mol. The highest BCUT2D eigenvalue weighted by Gasteiger charge is 2.51. The molecule has 0 unspecified atom stereocenters. The quantitative estimate of drug-likeness (QED) is 0.623. The predicted octanol–water partition coefficient (Wildman–Crippen LogP) is 0.213. The van der Waals surface area contributed by atoms with Gasteiger partial charge in [0.25, 0.3) is 0 Å². The third-order valence-electron chi connectivity index (χ3n) is 9.97. The number of likely N-dealkylation sites (tertiary alicyclic amines) is 2. The molecule has 4 N–H and O–H groups in total. The number of fused-ring (bicyclic) bond motifs is 4. The lowest BCUT2D eigenvalue weighted by atomic mass is 9.72. The zero-order valence-corrected chi connectivity index (χ0v) is 21.1. The van der Waals surface area contributed by atoms with Crippen LogP contribution in [-0.4, -0.2) is 79.8 Å². The summed E-state index contributed by atoms with van der Waals surface area (Å²) in [6.45, 7) is 14.2. The van der Waals surface area contributed by atoms with Crippen molar-refractivity contribution in [2.45, 2.75) is 101 Å². The Morgan fingerprint density at radius 3 is 2.24 bits per heavy atom. The van der Waals surface area contributed by atoms with E-state index in [1.807, 2.05) is 10.9 Å². The third kappa shape index (κ3) is 3.23. The van der Waals surface area contributed by atoms with E-state index >= 15 is 0 Å². The highest BCUT2D eigenvalue weighted by atomic mass is 15.5. The largest absolute Gasteiger partial charge is 0.325 e. The number of nitrogens with two attached hydrogens (primary N) is 2. The second kappa shape index (κ2) is 8.11. The molecule has 2 aromatic heterocycles. The summed E-state index contributed by atoms with van der Waals surface area (Å²) < 4.78 is 6.96. The lowest BCUT2D eigenvalue weighted by Gasteiger charge is -2.42. The number of hydrogen-bond donors (Lipinski definition) is 2. The van der Waals surface area contributed by atoms with Gasteiger partial charge in [-0.3, -0.25) is 4.90 Å². The molecule has 6 heterocycles. The van der Waals surface area contributed by atoms with Crippen molar-refractivity contribution in [3.05, 3.63) is 29.8 Å². The second-order valence-corrected chi connectivity index (χ2v) is 11.7. The van der Waals surface area contributed by atoms with Crippen molar-refractivity contribution in [2.24, 2.45) is 11.5 Å². The van der Waals surface area contributed by atoms with Crippen LogP contribution in [0.1, 0.15) is 57.8 Å². The molecule has 3 atom stereocenters. The molecule has 6 rings (SSSR count). The highest BCUT2D eigenvalue weighted by molar-refractivity contribution is 5.25. The monoisotopic (exact) mass is 468 g/mol. The molecule has 2 fully saturated rings. The van der Waals surface area contributed by atoms with Crippen LogP contribution in [0.25, 0.3) is 0 Å². The Morgan fingerprint density at radius 1 is 0.941 bits per heavy atom. The molecule has 186 valence electrons. The summed E-state index contributed by atoms with van der Waals surface area (Å²) in [6, 6.07) is 3.82. The van der Waals surface area contributed by atoms with Gasteiger partial charge in [-0.2, -0.15) is 4.68 Å². The number of nitrogens with zero attached hydrogens (tertiary/aromatic N) is 7. The van der Waals surface area contributed by atoms with Crippen LogP contribution in [0.5, 0.6) is 0 Å². The molecule has 0 aromatic carbocycles. The van der Waals surface area contributed by atoms with Gasteiger partial charge in [0.1, 0.15) is 0 Å². The van der Waals surface area contributed by atoms with E-state index in [0.29, 0.717) is 12.1 Å². The Labute approximate surface area is 203 Å². The minimum absolute atomic E-state index is 0.0488. The third-order valence-corrected chi connectivity index (χ3v) is 9.97. The summed E-state index contributed by atoms with van der Waals surface area (Å²) in [6.07, 6.45) is 8.76. The van der Waals surface area contributed by atoms with Crippen molar-refractivity contribution in [1.29, 1.82) is 0 Å². The van der Waals surface area contributed by atoms with E-state index in [1.54, 1.807) is 0 Å². The molecular formula is C25H42N9+. The summed E-state index contributed by atoms with van der Waals surface area (Å²) in [4.78, 5) is 5.24. The molecule has 0 aliphatic carbocycles. The van der Waals surface area contributed by atoms with Crippen LogP contribution in [0.4, 0.5) is 0 Å². The van der Waals surface area contributed by atoms with Crippen LogP contribution >= 0.6 is 0 Å². The maximum absolute atomic E-state index is 6.83. The zero-order chi connectivity index (χ0) is 23.7. The maximum atomic E-state index is 6.83. The van der Waals surface area contributed by atoms with Gasteiger partial charge in [0.05, 0.1) is 36.7 Å². The molecule has 34 heavy (non-hydrogen) atoms. The molecule has 2 saturated heterocycles. The summed E-state index contributed by atoms with van der Waals surface area (Å²) in [7, 11) is 0. The number of piperidine rings is 2. The van der Waals surface area contributed by atoms with Crippen molar-refractivity contribution in [3.63, 3.8) is 0 Å². The van der Waals surface area contributed by atoms with Crippen molar-refractivity contribution >= 4 is 0 Å². The maximum Gasteiger partial charge on any atom is 0.196 e. The summed E-state index contributed by atoms with van der Waals surface area (Å²) in [5.74, 6) is 0. The number of hydrogen-bond acceptors (Lipinski definition) is 6. The lowest BCUT2D eigenvalue weighted by molar-refractivity contribution is -0.778. The van der Waals surface area contributed by atoms with Gasteiger partial charge in [-0.1, -0.05) is 5.21 Å². The van der Waals surface area contributed by atoms with Gasteiger partial charge >= 0.3 is 0 Å². The van der Waals surface area contributed by atoms with Crippen LogP contribution in [0.2, 0.25) is 0 Å². The van der Waals surface area contributed by atoms with Crippen molar-refractivity contribution < 1.29 is 4.68 Å². The molecule has 0 bridgehead atoms. The SMILES string of the molecule is CC(C)N1CCC2(CC1)c1cc[n+](C[C@H](C)N3CCC4(CC3)c3cnnn3C[C@H]4N)n1C[C@H]2N. The molecule has 2 spiro atoms. The van der Waals surface area contributed by atoms with Crippen LogP contribution in [-0.2, 0) is 30.5 Å². The minimum Gasteiger partial charge on any atom is -0.325 e. The van der Waals surface area contributed by atoms with Crippen LogP contribution in [0, 0.1) is 0 Å². The molecular weight excluding hydrogens is 426 g/mol. The Kier molecular flexibility index (Phi) is 5.40. The standard InChI is InChI=1S/C25H42N9/c1-18(2)30-10-5-24(6-11-30)21(27)17-34-22(24)4-9-32(34)15-19(3)31-12-7-25(8-13-31)20(26)16-33-23(25)14-28-29-33/h4,9,14,18-21H,5-8,10-13,15-17,26-27H2,1-3H3/q+1/t19-,20+,21+/m0/s1. The summed E-state index contributed by atoms with van der Waals surface area (Å²) in [5.41, 5.74) is 16.3. The van der Waals surface area contributed by atoms with E-state index in [-0.39, 0.29) is 22.9 Å². The Balaban J connectivity index is 1.13. The van der Waals surface area contributed by atoms with E-state index in [9.17, 15) is 0 Å². The normalized spacial score (nSPS) is 29.2. The average molecular weight is 469 g/mol. The number of aromatic nitrogens is 5. The molecule has 2 aromatic rings. The van der Waals surface area contributed by atoms with Crippen LogP contribution < -0.4 is 16.1 Å². The molecule has 9 heteroatoms. The van der Waals surface area contributed by atoms with E-state index in [4.69, 9.17) is 11.5 Å². The molecule has 0 radical (unpaired) electrons. The first-order valence-corrected chi connectivity index (χ1v) is 13.3. The van der Waals surface area contributed by atoms with Crippen molar-refractivity contribution in [1.82, 2.24) is 29.5 Å². The molecule has 0 saturated carbocycles. The average Bonchev–Trinajstić information content (AvgIpc) is 3.56. The van der Waals surface area contributed by atoms with Crippen LogP contribution in [0.15, 0.2) is 18.5 Å². The fraction of sp³-hybridized carbons (Fsp3) is 0.800. The second-order valence-electron chi connectivity index (χ2n) is 11.7. The van der Waals surface area contributed by atoms with Gasteiger partial charge in [0.2, 0.25) is 0 Å². The van der Waals surface area contributed by atoms with E-state index in [2.05, 4.69) is 62.5 Å². The minimum atomic E-state index is 0.0488.